The topological polar surface area (TPSA) is 104 Å². The van der Waals surface area contributed by atoms with Crippen molar-refractivity contribution >= 4 is 34.4 Å². The molecule has 1 aromatic rings. The first kappa shape index (κ1) is 13.1. The molecule has 0 amide bonds. The van der Waals surface area contributed by atoms with Crippen LogP contribution in [0, 0.1) is 0 Å². The molecule has 17 heavy (non-hydrogen) atoms. The summed E-state index contributed by atoms with van der Waals surface area (Å²) in [5.74, 6) is -0.570. The van der Waals surface area contributed by atoms with E-state index in [0.29, 0.717) is 5.13 Å². The average Bonchev–Trinajstić information content (AvgIpc) is 2.71. The van der Waals surface area contributed by atoms with E-state index < -0.39 is 5.97 Å². The van der Waals surface area contributed by atoms with Gasteiger partial charge in [0.15, 0.2) is 10.8 Å². The Labute approximate surface area is 101 Å². The minimum Gasteiger partial charge on any atom is -0.463 e. The van der Waals surface area contributed by atoms with Crippen LogP contribution in [0.1, 0.15) is 12.6 Å². The number of nitrogen functional groups attached to an aromatic ring is 1. The molecule has 0 spiro atoms. The number of oxime groups is 1. The predicted molar refractivity (Wildman–Crippen MR) is 61.3 cm³/mol. The molecular formula is C9H10N3O4S. The van der Waals surface area contributed by atoms with Crippen molar-refractivity contribution in [2.45, 2.75) is 6.92 Å². The second kappa shape index (κ2) is 6.59. The molecule has 0 aliphatic rings. The van der Waals surface area contributed by atoms with Gasteiger partial charge in [0.05, 0.1) is 6.61 Å². The summed E-state index contributed by atoms with van der Waals surface area (Å²) in [6, 6.07) is 0. The van der Waals surface area contributed by atoms with Gasteiger partial charge in [0.25, 0.3) is 6.29 Å². The highest BCUT2D eigenvalue weighted by molar-refractivity contribution is 7.13. The Morgan fingerprint density at radius 1 is 1.71 bits per heavy atom. The molecule has 0 unspecified atom stereocenters. The van der Waals surface area contributed by atoms with Gasteiger partial charge < -0.3 is 15.3 Å². The third kappa shape index (κ3) is 4.19. The second-order valence-corrected chi connectivity index (χ2v) is 3.58. The number of nitrogens with zero attached hydrogens (tertiary/aromatic N) is 2. The van der Waals surface area contributed by atoms with E-state index in [9.17, 15) is 9.59 Å². The van der Waals surface area contributed by atoms with E-state index in [-0.39, 0.29) is 24.6 Å². The number of carbonyl (C=O) groups is 1. The third-order valence-electron chi connectivity index (χ3n) is 1.50. The van der Waals surface area contributed by atoms with Crippen LogP contribution >= 0.6 is 11.3 Å². The lowest BCUT2D eigenvalue weighted by Crippen LogP contribution is -2.12. The lowest BCUT2D eigenvalue weighted by Gasteiger charge is -1.99. The average molecular weight is 256 g/mol. The summed E-state index contributed by atoms with van der Waals surface area (Å²) < 4.78 is 4.60. The molecule has 91 valence electrons. The maximum absolute atomic E-state index is 10.9. The zero-order chi connectivity index (χ0) is 12.7. The number of hydrogen-bond donors (Lipinski definition) is 1. The van der Waals surface area contributed by atoms with Crippen LogP contribution in [0.25, 0.3) is 0 Å². The van der Waals surface area contributed by atoms with Crippen molar-refractivity contribution in [1.29, 1.82) is 0 Å². The Balaban J connectivity index is 2.56. The zero-order valence-corrected chi connectivity index (χ0v) is 9.82. The summed E-state index contributed by atoms with van der Waals surface area (Å²) in [6.45, 7) is 1.55. The fourth-order valence-corrected chi connectivity index (χ4v) is 1.41. The smallest absolute Gasteiger partial charge is 0.347 e. The van der Waals surface area contributed by atoms with Crippen molar-refractivity contribution < 1.29 is 19.2 Å². The van der Waals surface area contributed by atoms with Gasteiger partial charge in [0, 0.05) is 5.38 Å². The molecule has 0 saturated heterocycles. The van der Waals surface area contributed by atoms with Gasteiger partial charge >= 0.3 is 5.97 Å². The predicted octanol–water partition coefficient (Wildman–Crippen LogP) is 0.119. The van der Waals surface area contributed by atoms with E-state index in [1.165, 1.54) is 5.38 Å². The number of rotatable bonds is 6. The van der Waals surface area contributed by atoms with Crippen molar-refractivity contribution in [1.82, 2.24) is 4.98 Å². The summed E-state index contributed by atoms with van der Waals surface area (Å²) in [5, 5.41) is 5.26. The number of hydrogen-bond acceptors (Lipinski definition) is 8. The normalized spacial score (nSPS) is 11.0. The lowest BCUT2D eigenvalue weighted by atomic mass is 10.3. The highest BCUT2D eigenvalue weighted by Crippen LogP contribution is 2.11. The van der Waals surface area contributed by atoms with Gasteiger partial charge in [-0.2, -0.15) is 0 Å². The van der Waals surface area contributed by atoms with Crippen LogP contribution in [-0.4, -0.2) is 36.2 Å². The fourth-order valence-electron chi connectivity index (χ4n) is 0.866. The highest BCUT2D eigenvalue weighted by Gasteiger charge is 2.09. The largest absolute Gasteiger partial charge is 0.463 e. The number of carbonyl (C=O) groups excluding carboxylic acids is 2. The fraction of sp³-hybridized carbons (Fsp3) is 0.333. The standard InChI is InChI=1S/C9H10N3O4S/c1-2-15-8(14)4-16-12-6(3-13)7-5-17-9(10)11-7/h5H,2,4H2,1H3,(H2,10,11)/b12-6+. The molecule has 1 aromatic heterocycles. The van der Waals surface area contributed by atoms with E-state index >= 15 is 0 Å². The van der Waals surface area contributed by atoms with E-state index in [0.717, 1.165) is 11.3 Å². The van der Waals surface area contributed by atoms with Gasteiger partial charge in [-0.3, -0.25) is 4.79 Å². The van der Waals surface area contributed by atoms with Crippen molar-refractivity contribution in [2.75, 3.05) is 18.9 Å². The van der Waals surface area contributed by atoms with E-state index in [4.69, 9.17) is 5.73 Å². The van der Waals surface area contributed by atoms with Crippen LogP contribution in [0.15, 0.2) is 10.5 Å². The number of ether oxygens (including phenoxy) is 1. The second-order valence-electron chi connectivity index (χ2n) is 2.69. The van der Waals surface area contributed by atoms with Gasteiger partial charge in [0.2, 0.25) is 6.61 Å². The molecular weight excluding hydrogens is 246 g/mol. The molecule has 8 heteroatoms. The number of aromatic nitrogens is 1. The van der Waals surface area contributed by atoms with E-state index in [1.807, 2.05) is 0 Å². The molecule has 0 bridgehead atoms. The minimum absolute atomic E-state index is 0.151. The van der Waals surface area contributed by atoms with Crippen LogP contribution in [0.5, 0.6) is 0 Å². The number of thiazole rings is 1. The lowest BCUT2D eigenvalue weighted by molar-refractivity contribution is -0.148. The highest BCUT2D eigenvalue weighted by atomic mass is 32.1. The molecule has 0 aliphatic heterocycles. The van der Waals surface area contributed by atoms with Crippen LogP contribution in [0.3, 0.4) is 0 Å². The van der Waals surface area contributed by atoms with Crippen molar-refractivity contribution in [3.05, 3.63) is 11.1 Å². The minimum atomic E-state index is -0.570. The Kier molecular flexibility index (Phi) is 5.08. The summed E-state index contributed by atoms with van der Waals surface area (Å²) in [6.07, 6.45) is 1.55. The maximum Gasteiger partial charge on any atom is 0.347 e. The summed E-state index contributed by atoms with van der Waals surface area (Å²) in [4.78, 5) is 30.0. The molecule has 1 heterocycles. The molecule has 0 aliphatic carbocycles. The summed E-state index contributed by atoms with van der Waals surface area (Å²) in [7, 11) is 0. The van der Waals surface area contributed by atoms with Gasteiger partial charge in [-0.1, -0.05) is 5.16 Å². The third-order valence-corrected chi connectivity index (χ3v) is 2.18. The molecule has 0 fully saturated rings. The Hall–Kier alpha value is -1.96. The van der Waals surface area contributed by atoms with Crippen molar-refractivity contribution in [3.63, 3.8) is 0 Å². The number of esters is 1. The molecule has 2 N–H and O–H groups in total. The van der Waals surface area contributed by atoms with Gasteiger partial charge in [-0.25, -0.2) is 9.78 Å². The molecule has 1 radical (unpaired) electrons. The van der Waals surface area contributed by atoms with E-state index in [2.05, 4.69) is 19.7 Å². The van der Waals surface area contributed by atoms with Gasteiger partial charge in [-0.15, -0.1) is 11.3 Å². The van der Waals surface area contributed by atoms with Crippen molar-refractivity contribution in [2.24, 2.45) is 5.16 Å². The Bertz CT molecular complexity index is 430. The van der Waals surface area contributed by atoms with Gasteiger partial charge in [0.1, 0.15) is 5.69 Å². The maximum atomic E-state index is 10.9. The molecule has 1 rings (SSSR count). The van der Waals surface area contributed by atoms with Gasteiger partial charge in [-0.05, 0) is 6.92 Å². The molecule has 0 aromatic carbocycles. The zero-order valence-electron chi connectivity index (χ0n) is 9.00. The molecule has 0 atom stereocenters. The van der Waals surface area contributed by atoms with Crippen LogP contribution in [0.4, 0.5) is 5.13 Å². The first-order valence-electron chi connectivity index (χ1n) is 4.62. The first-order valence-corrected chi connectivity index (χ1v) is 5.50. The van der Waals surface area contributed by atoms with E-state index in [1.54, 1.807) is 13.2 Å². The molecule has 0 saturated carbocycles. The first-order chi connectivity index (χ1) is 8.17. The quantitative estimate of drug-likeness (QED) is 0.440. The van der Waals surface area contributed by atoms with Crippen LogP contribution < -0.4 is 5.73 Å². The summed E-state index contributed by atoms with van der Waals surface area (Å²) in [5.41, 5.74) is 5.50. The SMILES string of the molecule is CCOC(=O)CO/N=C(\[C]=O)c1csc(N)n1. The summed E-state index contributed by atoms with van der Waals surface area (Å²) >= 11 is 1.16. The Morgan fingerprint density at radius 3 is 3.00 bits per heavy atom. The van der Waals surface area contributed by atoms with Crippen LogP contribution in [-0.2, 0) is 19.2 Å². The monoisotopic (exact) mass is 256 g/mol. The van der Waals surface area contributed by atoms with Crippen molar-refractivity contribution in [3.8, 4) is 0 Å². The Morgan fingerprint density at radius 2 is 2.47 bits per heavy atom. The number of nitrogens with two attached hydrogens (primary N) is 1. The number of anilines is 1. The molecule has 7 nitrogen and oxygen atoms in total. The van der Waals surface area contributed by atoms with Crippen LogP contribution in [0.2, 0.25) is 0 Å².